The number of nitrogens with one attached hydrogen (secondary N) is 1. The number of thioether (sulfide) groups is 1. The topological polar surface area (TPSA) is 85.6 Å². The maximum atomic E-state index is 14.8. The number of rotatable bonds is 8. The molecule has 11 heteroatoms. The van der Waals surface area contributed by atoms with Crippen LogP contribution in [0.3, 0.4) is 0 Å². The molecular weight excluding hydrogens is 519 g/mol. The predicted molar refractivity (Wildman–Crippen MR) is 139 cm³/mol. The molecular formula is C25H18ClFN6OS2. The van der Waals surface area contributed by atoms with Crippen LogP contribution in [0.25, 0.3) is 17.1 Å². The lowest BCUT2D eigenvalue weighted by Crippen LogP contribution is -2.23. The molecule has 0 fully saturated rings. The van der Waals surface area contributed by atoms with Crippen molar-refractivity contribution in [1.82, 2.24) is 30.0 Å². The Balaban J connectivity index is 1.35. The van der Waals surface area contributed by atoms with Crippen LogP contribution in [0.15, 0.2) is 83.5 Å². The summed E-state index contributed by atoms with van der Waals surface area (Å²) < 4.78 is 16.5. The fourth-order valence-electron chi connectivity index (χ4n) is 3.40. The van der Waals surface area contributed by atoms with E-state index in [-0.39, 0.29) is 5.91 Å². The van der Waals surface area contributed by atoms with Gasteiger partial charge in [-0.15, -0.1) is 21.5 Å². The molecule has 3 aromatic heterocycles. The number of aromatic nitrogens is 5. The summed E-state index contributed by atoms with van der Waals surface area (Å²) in [4.78, 5) is 21.1. The smallest absolute Gasteiger partial charge is 0.271 e. The number of thiazole rings is 1. The van der Waals surface area contributed by atoms with Gasteiger partial charge in [0.2, 0.25) is 0 Å². The molecule has 0 saturated carbocycles. The van der Waals surface area contributed by atoms with Crippen LogP contribution in [0.4, 0.5) is 4.39 Å². The average Bonchev–Trinajstić information content (AvgIpc) is 3.55. The molecule has 0 aliphatic carbocycles. The normalized spacial score (nSPS) is 10.9. The molecule has 180 valence electrons. The van der Waals surface area contributed by atoms with Crippen molar-refractivity contribution in [2.24, 2.45) is 0 Å². The first kappa shape index (κ1) is 24.1. The van der Waals surface area contributed by atoms with Crippen molar-refractivity contribution >= 4 is 40.6 Å². The summed E-state index contributed by atoms with van der Waals surface area (Å²) >= 11 is 9.12. The van der Waals surface area contributed by atoms with E-state index in [2.05, 4.69) is 25.5 Å². The van der Waals surface area contributed by atoms with Gasteiger partial charge in [0, 0.05) is 17.1 Å². The molecule has 0 bridgehead atoms. The third-order valence-corrected chi connectivity index (χ3v) is 7.41. The second-order valence-electron chi connectivity index (χ2n) is 7.49. The fraction of sp³-hybridized carbons (Fsp3) is 0.0800. The minimum absolute atomic E-state index is 0.274. The quantitative estimate of drug-likeness (QED) is 0.252. The zero-order chi connectivity index (χ0) is 24.9. The Morgan fingerprint density at radius 2 is 1.86 bits per heavy atom. The third-order valence-electron chi connectivity index (χ3n) is 5.11. The molecule has 0 spiro atoms. The van der Waals surface area contributed by atoms with E-state index in [9.17, 15) is 9.18 Å². The first-order chi connectivity index (χ1) is 17.6. The maximum Gasteiger partial charge on any atom is 0.271 e. The van der Waals surface area contributed by atoms with Gasteiger partial charge in [-0.05, 0) is 36.4 Å². The minimum Gasteiger partial charge on any atom is -0.345 e. The summed E-state index contributed by atoms with van der Waals surface area (Å²) in [7, 11) is 0. The largest absolute Gasteiger partial charge is 0.345 e. The van der Waals surface area contributed by atoms with E-state index in [1.807, 2.05) is 36.4 Å². The third kappa shape index (κ3) is 5.30. The number of nitrogens with zero attached hydrogens (tertiary/aromatic N) is 5. The number of carbonyl (C=O) groups is 1. The molecule has 1 N–H and O–H groups in total. The summed E-state index contributed by atoms with van der Waals surface area (Å²) in [6.07, 6.45) is 1.68. The first-order valence-corrected chi connectivity index (χ1v) is 13.0. The van der Waals surface area contributed by atoms with Crippen LogP contribution in [0, 0.1) is 5.82 Å². The summed E-state index contributed by atoms with van der Waals surface area (Å²) in [5.74, 6) is 0.173. The standard InChI is InChI=1S/C25H18ClFN6OS2/c26-18-9-2-1-8-17(18)23-31-32-25(33(23)21-11-4-3-10-19(21)27)36-15-22-30-20(14-35-22)24(34)29-13-16-7-5-6-12-28-16/h1-12,14H,13,15H2,(H,29,34). The summed E-state index contributed by atoms with van der Waals surface area (Å²) in [6, 6.07) is 19.2. The van der Waals surface area contributed by atoms with Crippen LogP contribution in [0.2, 0.25) is 5.02 Å². The van der Waals surface area contributed by atoms with Gasteiger partial charge in [-0.3, -0.25) is 14.3 Å². The maximum absolute atomic E-state index is 14.8. The molecule has 7 nitrogen and oxygen atoms in total. The van der Waals surface area contributed by atoms with E-state index in [0.717, 1.165) is 10.7 Å². The first-order valence-electron chi connectivity index (χ1n) is 10.8. The van der Waals surface area contributed by atoms with Crippen molar-refractivity contribution in [2.45, 2.75) is 17.5 Å². The molecule has 5 rings (SSSR count). The van der Waals surface area contributed by atoms with Crippen molar-refractivity contribution < 1.29 is 9.18 Å². The van der Waals surface area contributed by atoms with Crippen molar-refractivity contribution in [2.75, 3.05) is 0 Å². The van der Waals surface area contributed by atoms with E-state index >= 15 is 0 Å². The van der Waals surface area contributed by atoms with Gasteiger partial charge in [0.1, 0.15) is 16.5 Å². The average molecular weight is 537 g/mol. The predicted octanol–water partition coefficient (Wildman–Crippen LogP) is 5.80. The van der Waals surface area contributed by atoms with Crippen LogP contribution in [-0.4, -0.2) is 30.6 Å². The van der Waals surface area contributed by atoms with Crippen molar-refractivity contribution in [3.8, 4) is 17.1 Å². The van der Waals surface area contributed by atoms with Crippen molar-refractivity contribution in [3.63, 3.8) is 0 Å². The number of amides is 1. The molecule has 0 saturated heterocycles. The highest BCUT2D eigenvalue weighted by molar-refractivity contribution is 7.98. The lowest BCUT2D eigenvalue weighted by atomic mass is 10.2. The van der Waals surface area contributed by atoms with Gasteiger partial charge in [0.15, 0.2) is 11.0 Å². The number of hydrogen-bond donors (Lipinski definition) is 1. The number of benzene rings is 2. The van der Waals surface area contributed by atoms with E-state index in [4.69, 9.17) is 11.6 Å². The number of para-hydroxylation sites is 1. The van der Waals surface area contributed by atoms with Gasteiger partial charge in [-0.2, -0.15) is 0 Å². The Morgan fingerprint density at radius 3 is 2.67 bits per heavy atom. The van der Waals surface area contributed by atoms with Gasteiger partial charge < -0.3 is 5.32 Å². The Labute approximate surface area is 219 Å². The summed E-state index contributed by atoms with van der Waals surface area (Å²) in [5.41, 5.74) is 2.05. The van der Waals surface area contributed by atoms with Crippen molar-refractivity contribution in [1.29, 1.82) is 0 Å². The summed E-state index contributed by atoms with van der Waals surface area (Å²) in [5, 5.41) is 14.9. The minimum atomic E-state index is -0.409. The lowest BCUT2D eigenvalue weighted by Gasteiger charge is -2.11. The zero-order valence-electron chi connectivity index (χ0n) is 18.6. The molecule has 5 aromatic rings. The highest BCUT2D eigenvalue weighted by Gasteiger charge is 2.21. The molecule has 1 amide bonds. The van der Waals surface area contributed by atoms with Crippen LogP contribution in [-0.2, 0) is 12.3 Å². The Morgan fingerprint density at radius 1 is 1.06 bits per heavy atom. The molecule has 36 heavy (non-hydrogen) atoms. The van der Waals surface area contributed by atoms with Gasteiger partial charge in [-0.25, -0.2) is 9.37 Å². The molecule has 0 aliphatic rings. The van der Waals surface area contributed by atoms with E-state index < -0.39 is 5.82 Å². The Hall–Kier alpha value is -3.60. The number of carbonyl (C=O) groups excluding carboxylic acids is 1. The van der Waals surface area contributed by atoms with E-state index in [1.165, 1.54) is 29.2 Å². The molecule has 0 atom stereocenters. The second kappa shape index (κ2) is 11.0. The van der Waals surface area contributed by atoms with Crippen LogP contribution in [0.5, 0.6) is 0 Å². The number of pyridine rings is 1. The van der Waals surface area contributed by atoms with Crippen LogP contribution >= 0.6 is 34.7 Å². The van der Waals surface area contributed by atoms with Crippen LogP contribution < -0.4 is 5.32 Å². The molecule has 2 aromatic carbocycles. The monoisotopic (exact) mass is 536 g/mol. The Bertz CT molecular complexity index is 1510. The van der Waals surface area contributed by atoms with Crippen molar-refractivity contribution in [3.05, 3.63) is 106 Å². The highest BCUT2D eigenvalue weighted by atomic mass is 35.5. The zero-order valence-corrected chi connectivity index (χ0v) is 21.0. The lowest BCUT2D eigenvalue weighted by molar-refractivity contribution is 0.0946. The van der Waals surface area contributed by atoms with Gasteiger partial charge >= 0.3 is 0 Å². The van der Waals surface area contributed by atoms with E-state index in [0.29, 0.717) is 45.2 Å². The fourth-order valence-corrected chi connectivity index (χ4v) is 5.36. The van der Waals surface area contributed by atoms with Gasteiger partial charge in [-0.1, -0.05) is 53.7 Å². The Kier molecular flexibility index (Phi) is 7.36. The number of halogens is 2. The molecule has 0 unspecified atom stereocenters. The van der Waals surface area contributed by atoms with E-state index in [1.54, 1.807) is 40.4 Å². The van der Waals surface area contributed by atoms with Crippen LogP contribution in [0.1, 0.15) is 21.2 Å². The SMILES string of the molecule is O=C(NCc1ccccn1)c1csc(CSc2nnc(-c3ccccc3Cl)n2-c2ccccc2F)n1. The number of hydrogen-bond acceptors (Lipinski definition) is 7. The highest BCUT2D eigenvalue weighted by Crippen LogP contribution is 2.34. The molecule has 0 radical (unpaired) electrons. The summed E-state index contributed by atoms with van der Waals surface area (Å²) in [6.45, 7) is 0.317. The molecule has 3 heterocycles. The van der Waals surface area contributed by atoms with Gasteiger partial charge in [0.25, 0.3) is 5.91 Å². The molecule has 0 aliphatic heterocycles. The second-order valence-corrected chi connectivity index (χ2v) is 9.78. The van der Waals surface area contributed by atoms with Gasteiger partial charge in [0.05, 0.1) is 28.7 Å².